The standard InChI is InChI=1S/C44H32N4O12P4/c49-61(50,51)29-9-1-25(2-10-29)41-33-17-19-35(45-33)42(26-3-11-30(12-4-26)62(52,53)54)37-21-23-39(47-37)44(28-7-15-32(16-8-28)64(58,59)60)40-24-22-38(48-40)43(36-20-18-34(41)46-36)27-5-13-31(14-6-27)63(55,56)57/h1-24H,(H2,49,50,51)(H2,52,53,54)(H2,55,56,57)(H2,58,59,60). The Balaban J connectivity index is 1.34. The van der Waals surface area contributed by atoms with Crippen LogP contribution in [0.3, 0.4) is 0 Å². The molecule has 64 heavy (non-hydrogen) atoms. The second-order valence-corrected chi connectivity index (χ2v) is 21.1. The predicted octanol–water partition coefficient (Wildman–Crippen LogP) is 4.90. The van der Waals surface area contributed by atoms with Gasteiger partial charge in [-0.05, 0) is 119 Å². The fourth-order valence-electron chi connectivity index (χ4n) is 7.56. The van der Waals surface area contributed by atoms with E-state index in [0.29, 0.717) is 90.2 Å². The Hall–Kier alpha value is -5.92. The SMILES string of the molecule is O=P(O)(O)c1ccc(C2=C3C=CC(=N3)C(c3ccc(P(=O)(O)O)cc3)=C3C=CC(=N3)C(c3ccc(P(=O)(O)O)cc3)=C3C=CC(=N3)C(c3ccc(P(=O)(O)O)cc3)=C3C=CC2=N3)cc1. The summed E-state index contributed by atoms with van der Waals surface area (Å²) in [4.78, 5) is 99.4. The van der Waals surface area contributed by atoms with Crippen LogP contribution in [-0.2, 0) is 18.3 Å². The number of aliphatic imine (C=N–C) groups is 4. The number of benzene rings is 4. The Morgan fingerprint density at radius 1 is 0.266 bits per heavy atom. The van der Waals surface area contributed by atoms with Crippen LogP contribution in [0.2, 0.25) is 0 Å². The second-order valence-electron chi connectivity index (χ2n) is 14.7. The molecule has 0 unspecified atom stereocenters. The van der Waals surface area contributed by atoms with Gasteiger partial charge in [0.05, 0.1) is 66.9 Å². The van der Waals surface area contributed by atoms with E-state index in [4.69, 9.17) is 20.0 Å². The Morgan fingerprint density at radius 2 is 0.438 bits per heavy atom. The van der Waals surface area contributed by atoms with Crippen LogP contribution in [0.1, 0.15) is 22.3 Å². The van der Waals surface area contributed by atoms with Gasteiger partial charge < -0.3 is 39.1 Å². The number of hydrogen-bond donors (Lipinski definition) is 8. The highest BCUT2D eigenvalue weighted by Crippen LogP contribution is 2.41. The lowest BCUT2D eigenvalue weighted by Gasteiger charge is -2.14. The van der Waals surface area contributed by atoms with Gasteiger partial charge in [0.25, 0.3) is 0 Å². The molecule has 5 aliphatic heterocycles. The highest BCUT2D eigenvalue weighted by molar-refractivity contribution is 7.61. The van der Waals surface area contributed by atoms with Gasteiger partial charge in [-0.2, -0.15) is 0 Å². The molecule has 16 nitrogen and oxygen atoms in total. The zero-order valence-electron chi connectivity index (χ0n) is 32.6. The van der Waals surface area contributed by atoms with Crippen molar-refractivity contribution < 1.29 is 57.4 Å². The van der Waals surface area contributed by atoms with Crippen molar-refractivity contribution in [2.24, 2.45) is 20.0 Å². The van der Waals surface area contributed by atoms with Crippen molar-refractivity contribution in [1.82, 2.24) is 0 Å². The van der Waals surface area contributed by atoms with Gasteiger partial charge in [0.15, 0.2) is 0 Å². The van der Waals surface area contributed by atoms with E-state index in [-0.39, 0.29) is 21.2 Å². The number of nitrogens with zero attached hydrogens (tertiary/aromatic N) is 4. The molecule has 4 aromatic rings. The summed E-state index contributed by atoms with van der Waals surface area (Å²) in [5, 5.41) is -0.810. The smallest absolute Gasteiger partial charge is 0.321 e. The van der Waals surface area contributed by atoms with Gasteiger partial charge in [0.2, 0.25) is 0 Å². The summed E-state index contributed by atoms with van der Waals surface area (Å²) in [6.45, 7) is 0. The minimum atomic E-state index is -4.61. The zero-order valence-corrected chi connectivity index (χ0v) is 36.2. The molecule has 8 N–H and O–H groups in total. The fourth-order valence-corrected chi connectivity index (χ4v) is 9.71. The third kappa shape index (κ3) is 8.43. The number of allylic oxidation sites excluding steroid dienone is 12. The second kappa shape index (κ2) is 16.0. The Bertz CT molecular complexity index is 2860. The Morgan fingerprint density at radius 3 is 0.594 bits per heavy atom. The van der Waals surface area contributed by atoms with E-state index in [9.17, 15) is 57.4 Å². The van der Waals surface area contributed by atoms with E-state index in [2.05, 4.69) is 0 Å². The summed E-state index contributed by atoms with van der Waals surface area (Å²) < 4.78 is 48.7. The van der Waals surface area contributed by atoms with Gasteiger partial charge in [-0.15, -0.1) is 0 Å². The normalized spacial score (nSPS) is 17.5. The van der Waals surface area contributed by atoms with Gasteiger partial charge in [-0.3, -0.25) is 18.3 Å². The predicted molar refractivity (Wildman–Crippen MR) is 246 cm³/mol. The monoisotopic (exact) mass is 932 g/mol. The first-order valence-corrected chi connectivity index (χ1v) is 25.4. The molecule has 20 heteroatoms. The van der Waals surface area contributed by atoms with Crippen LogP contribution in [0, 0.1) is 0 Å². The van der Waals surface area contributed by atoms with Gasteiger partial charge >= 0.3 is 30.4 Å². The third-order valence-corrected chi connectivity index (χ3v) is 14.5. The molecule has 0 aliphatic carbocycles. The molecule has 0 fully saturated rings. The van der Waals surface area contributed by atoms with E-state index >= 15 is 0 Å². The van der Waals surface area contributed by atoms with Gasteiger partial charge in [0, 0.05) is 22.3 Å². The van der Waals surface area contributed by atoms with Crippen molar-refractivity contribution in [2.45, 2.75) is 0 Å². The number of hydrogen-bond acceptors (Lipinski definition) is 8. The first-order chi connectivity index (χ1) is 30.2. The van der Waals surface area contributed by atoms with Crippen molar-refractivity contribution in [3.05, 3.63) is 191 Å². The molecule has 0 amide bonds. The molecular formula is C44H32N4O12P4. The Labute approximate surface area is 363 Å². The van der Waals surface area contributed by atoms with E-state index in [1.165, 1.54) is 48.5 Å². The highest BCUT2D eigenvalue weighted by Gasteiger charge is 2.29. The topological polar surface area (TPSA) is 280 Å². The number of fused-ring (bicyclic) bond motifs is 4. The number of rotatable bonds is 8. The molecule has 4 aromatic carbocycles. The summed E-state index contributed by atoms with van der Waals surface area (Å²) in [5.41, 5.74) is 7.02. The molecule has 8 bridgehead atoms. The molecule has 0 saturated carbocycles. The van der Waals surface area contributed by atoms with Crippen molar-refractivity contribution in [3.63, 3.8) is 0 Å². The summed E-state index contributed by atoms with van der Waals surface area (Å²) in [5.74, 6) is 0. The van der Waals surface area contributed by atoms with Crippen molar-refractivity contribution >= 4 is 96.7 Å². The van der Waals surface area contributed by atoms with E-state index in [1.807, 2.05) is 0 Å². The third-order valence-electron chi connectivity index (χ3n) is 10.6. The summed E-state index contributed by atoms with van der Waals surface area (Å²) in [7, 11) is -18.4. The lowest BCUT2D eigenvalue weighted by molar-refractivity contribution is 0.385. The summed E-state index contributed by atoms with van der Waals surface area (Å²) >= 11 is 0. The maximum Gasteiger partial charge on any atom is 0.356 e. The molecule has 0 spiro atoms. The van der Waals surface area contributed by atoms with Crippen LogP contribution >= 0.6 is 30.4 Å². The van der Waals surface area contributed by atoms with Crippen LogP contribution < -0.4 is 21.2 Å². The average molecular weight is 933 g/mol. The average Bonchev–Trinajstić information content (AvgIpc) is 4.08. The van der Waals surface area contributed by atoms with E-state index < -0.39 is 30.4 Å². The van der Waals surface area contributed by atoms with E-state index in [1.54, 1.807) is 97.1 Å². The Kier molecular flexibility index (Phi) is 10.8. The first-order valence-electron chi connectivity index (χ1n) is 18.9. The molecule has 5 aliphatic rings. The molecule has 320 valence electrons. The summed E-state index contributed by atoms with van der Waals surface area (Å²) in [6.07, 6.45) is 13.9. The molecule has 5 heterocycles. The highest BCUT2D eigenvalue weighted by atomic mass is 31.2. The molecule has 0 saturated heterocycles. The van der Waals surface area contributed by atoms with Gasteiger partial charge in [-0.25, -0.2) is 20.0 Å². The minimum absolute atomic E-state index is 0.203. The van der Waals surface area contributed by atoms with E-state index in [0.717, 1.165) is 0 Å². The summed E-state index contributed by atoms with van der Waals surface area (Å²) in [6, 6.07) is 22.9. The van der Waals surface area contributed by atoms with Gasteiger partial charge in [0.1, 0.15) is 0 Å². The molecule has 0 atom stereocenters. The molecule has 0 radical (unpaired) electrons. The molecule has 0 aromatic heterocycles. The van der Waals surface area contributed by atoms with Crippen molar-refractivity contribution in [1.29, 1.82) is 0 Å². The molecule has 9 rings (SSSR count). The minimum Gasteiger partial charge on any atom is -0.321 e. The van der Waals surface area contributed by atoms with Crippen LogP contribution in [0.25, 0.3) is 22.3 Å². The van der Waals surface area contributed by atoms with Crippen LogP contribution in [-0.4, -0.2) is 62.0 Å². The zero-order chi connectivity index (χ0) is 45.3. The van der Waals surface area contributed by atoms with Crippen molar-refractivity contribution in [3.8, 4) is 0 Å². The van der Waals surface area contributed by atoms with Crippen LogP contribution in [0.5, 0.6) is 0 Å². The lowest BCUT2D eigenvalue weighted by atomic mass is 9.98. The quantitative estimate of drug-likeness (QED) is 0.110. The largest absolute Gasteiger partial charge is 0.356 e. The van der Waals surface area contributed by atoms with Crippen LogP contribution in [0.4, 0.5) is 0 Å². The fraction of sp³-hybridized carbons (Fsp3) is 0. The van der Waals surface area contributed by atoms with Crippen molar-refractivity contribution in [2.75, 3.05) is 0 Å². The lowest BCUT2D eigenvalue weighted by Crippen LogP contribution is -2.07. The van der Waals surface area contributed by atoms with Gasteiger partial charge in [-0.1, -0.05) is 48.5 Å². The maximum absolute atomic E-state index is 12.2. The first kappa shape index (κ1) is 43.3. The van der Waals surface area contributed by atoms with Crippen LogP contribution in [0.15, 0.2) is 188 Å². The molecular weight excluding hydrogens is 900 g/mol. The maximum atomic E-state index is 12.2.